The zero-order valence-electron chi connectivity index (χ0n) is 4.89. The second-order valence-corrected chi connectivity index (χ2v) is 2.44. The first-order valence-electron chi connectivity index (χ1n) is 2.94. The number of fused-ring (bicyclic) bond motifs is 1. The highest BCUT2D eigenvalue weighted by Crippen LogP contribution is 2.35. The van der Waals surface area contributed by atoms with Gasteiger partial charge in [-0.15, -0.1) is 0 Å². The molecule has 0 bridgehead atoms. The summed E-state index contributed by atoms with van der Waals surface area (Å²) in [5, 5.41) is 0. The molecular weight excluding hydrogens is 96.1 g/mol. The topological polar surface area (TPSA) is 0 Å². The summed E-state index contributed by atoms with van der Waals surface area (Å²) >= 11 is 0. The van der Waals surface area contributed by atoms with Crippen LogP contribution in [0.2, 0.25) is 0 Å². The predicted molar refractivity (Wildman–Crippen MR) is 34.5 cm³/mol. The van der Waals surface area contributed by atoms with Crippen LogP contribution in [0.3, 0.4) is 0 Å². The van der Waals surface area contributed by atoms with Gasteiger partial charge >= 0.3 is 0 Å². The van der Waals surface area contributed by atoms with Crippen LogP contribution in [0.1, 0.15) is 6.92 Å². The predicted octanol–water partition coefficient (Wildman–Crippen LogP) is 2.06. The lowest BCUT2D eigenvalue weighted by Gasteiger charge is -1.96. The molecular formula is C8H8. The summed E-state index contributed by atoms with van der Waals surface area (Å²) in [5.41, 5.74) is 2.89. The lowest BCUT2D eigenvalue weighted by atomic mass is 10.1. The van der Waals surface area contributed by atoms with Crippen molar-refractivity contribution in [1.82, 2.24) is 0 Å². The van der Waals surface area contributed by atoms with E-state index in [0.29, 0.717) is 0 Å². The lowest BCUT2D eigenvalue weighted by molar-refractivity contribution is 1.16. The van der Waals surface area contributed by atoms with Crippen LogP contribution in [0, 0.1) is 5.92 Å². The van der Waals surface area contributed by atoms with Gasteiger partial charge in [-0.25, -0.2) is 0 Å². The second kappa shape index (κ2) is 1.13. The first-order valence-corrected chi connectivity index (χ1v) is 2.94. The SMILES string of the molecule is CC1=C[C@@H]2C=C2C=C1. The van der Waals surface area contributed by atoms with Crippen LogP contribution in [-0.2, 0) is 0 Å². The molecule has 0 aliphatic heterocycles. The van der Waals surface area contributed by atoms with E-state index < -0.39 is 0 Å². The quantitative estimate of drug-likeness (QED) is 0.441. The third-order valence-electron chi connectivity index (χ3n) is 1.63. The third-order valence-corrected chi connectivity index (χ3v) is 1.63. The van der Waals surface area contributed by atoms with E-state index in [2.05, 4.69) is 31.2 Å². The van der Waals surface area contributed by atoms with Crippen molar-refractivity contribution >= 4 is 0 Å². The van der Waals surface area contributed by atoms with E-state index in [1.54, 1.807) is 0 Å². The van der Waals surface area contributed by atoms with Gasteiger partial charge in [0.15, 0.2) is 0 Å². The highest BCUT2D eigenvalue weighted by Gasteiger charge is 2.21. The molecule has 2 aliphatic rings. The van der Waals surface area contributed by atoms with E-state index in [9.17, 15) is 0 Å². The highest BCUT2D eigenvalue weighted by molar-refractivity contribution is 5.50. The van der Waals surface area contributed by atoms with E-state index in [0.717, 1.165) is 5.92 Å². The molecule has 0 radical (unpaired) electrons. The molecule has 0 fully saturated rings. The Bertz CT molecular complexity index is 204. The van der Waals surface area contributed by atoms with E-state index >= 15 is 0 Å². The Labute approximate surface area is 49.2 Å². The van der Waals surface area contributed by atoms with Crippen LogP contribution in [0.4, 0.5) is 0 Å². The number of hydrogen-bond acceptors (Lipinski definition) is 0. The van der Waals surface area contributed by atoms with Gasteiger partial charge < -0.3 is 0 Å². The van der Waals surface area contributed by atoms with Gasteiger partial charge in [-0.1, -0.05) is 29.9 Å². The molecule has 0 heterocycles. The van der Waals surface area contributed by atoms with Crippen LogP contribution >= 0.6 is 0 Å². The molecule has 1 atom stereocenters. The maximum atomic E-state index is 2.29. The molecule has 0 aromatic carbocycles. The van der Waals surface area contributed by atoms with E-state index in [1.165, 1.54) is 11.1 Å². The highest BCUT2D eigenvalue weighted by atomic mass is 14.2. The minimum atomic E-state index is 0.722. The minimum absolute atomic E-state index is 0.722. The number of hydrogen-bond donors (Lipinski definition) is 0. The Morgan fingerprint density at radius 1 is 1.25 bits per heavy atom. The third kappa shape index (κ3) is 0.460. The number of allylic oxidation sites excluding steroid dienone is 6. The molecule has 0 aromatic heterocycles. The summed E-state index contributed by atoms with van der Waals surface area (Å²) in [6.45, 7) is 2.14. The number of rotatable bonds is 0. The average molecular weight is 104 g/mol. The summed E-state index contributed by atoms with van der Waals surface area (Å²) in [5.74, 6) is 0.722. The molecule has 0 N–H and O–H groups in total. The first-order chi connectivity index (χ1) is 3.86. The Morgan fingerprint density at radius 2 is 2.12 bits per heavy atom. The summed E-state index contributed by atoms with van der Waals surface area (Å²) in [6, 6.07) is 0. The van der Waals surface area contributed by atoms with Crippen LogP contribution in [-0.4, -0.2) is 0 Å². The molecule has 2 aliphatic carbocycles. The normalized spacial score (nSPS) is 30.9. The smallest absolute Gasteiger partial charge is 0.0207 e. The summed E-state index contributed by atoms with van der Waals surface area (Å²) < 4.78 is 0. The molecule has 40 valence electrons. The molecule has 2 rings (SSSR count). The van der Waals surface area contributed by atoms with Crippen molar-refractivity contribution in [2.45, 2.75) is 6.92 Å². The van der Waals surface area contributed by atoms with Crippen molar-refractivity contribution < 1.29 is 0 Å². The molecule has 0 amide bonds. The fraction of sp³-hybridized carbons (Fsp3) is 0.250. The summed E-state index contributed by atoms with van der Waals surface area (Å²) in [4.78, 5) is 0. The molecule has 8 heavy (non-hydrogen) atoms. The lowest BCUT2D eigenvalue weighted by Crippen LogP contribution is -1.80. The van der Waals surface area contributed by atoms with Gasteiger partial charge in [-0.05, 0) is 12.5 Å². The van der Waals surface area contributed by atoms with E-state index in [1.807, 2.05) is 0 Å². The van der Waals surface area contributed by atoms with E-state index in [-0.39, 0.29) is 0 Å². The van der Waals surface area contributed by atoms with Crippen LogP contribution in [0.15, 0.2) is 35.5 Å². The van der Waals surface area contributed by atoms with Gasteiger partial charge in [0.05, 0.1) is 0 Å². The monoisotopic (exact) mass is 104 g/mol. The largest absolute Gasteiger partial charge is 0.0703 e. The second-order valence-electron chi connectivity index (χ2n) is 2.44. The van der Waals surface area contributed by atoms with Crippen LogP contribution in [0.5, 0.6) is 0 Å². The minimum Gasteiger partial charge on any atom is -0.0703 e. The molecule has 0 spiro atoms. The zero-order chi connectivity index (χ0) is 5.56. The van der Waals surface area contributed by atoms with Crippen molar-refractivity contribution in [3.8, 4) is 0 Å². The Kier molecular flexibility index (Phi) is 0.587. The summed E-state index contributed by atoms with van der Waals surface area (Å²) in [6.07, 6.45) is 8.91. The van der Waals surface area contributed by atoms with Crippen molar-refractivity contribution in [3.05, 3.63) is 35.5 Å². The van der Waals surface area contributed by atoms with Crippen molar-refractivity contribution in [3.63, 3.8) is 0 Å². The molecule has 0 heteroatoms. The maximum Gasteiger partial charge on any atom is 0.0207 e. The molecule has 0 aromatic rings. The van der Waals surface area contributed by atoms with Crippen LogP contribution in [0.25, 0.3) is 0 Å². The molecule has 0 nitrogen and oxygen atoms in total. The fourth-order valence-corrected chi connectivity index (χ4v) is 1.04. The fourth-order valence-electron chi connectivity index (χ4n) is 1.04. The first kappa shape index (κ1) is 4.13. The molecule has 0 saturated heterocycles. The van der Waals surface area contributed by atoms with Crippen molar-refractivity contribution in [1.29, 1.82) is 0 Å². The van der Waals surface area contributed by atoms with Gasteiger partial charge in [0.1, 0.15) is 0 Å². The van der Waals surface area contributed by atoms with Gasteiger partial charge in [0.25, 0.3) is 0 Å². The van der Waals surface area contributed by atoms with Crippen molar-refractivity contribution in [2.24, 2.45) is 5.92 Å². The van der Waals surface area contributed by atoms with Gasteiger partial charge in [-0.3, -0.25) is 0 Å². The zero-order valence-corrected chi connectivity index (χ0v) is 4.89. The Hall–Kier alpha value is -0.780. The standard InChI is InChI=1S/C8H8/c1-6-2-3-7-5-8(7)4-6/h2-5,8H,1H3/t8-/m1/s1. The van der Waals surface area contributed by atoms with Crippen LogP contribution < -0.4 is 0 Å². The summed E-state index contributed by atoms with van der Waals surface area (Å²) in [7, 11) is 0. The van der Waals surface area contributed by atoms with E-state index in [4.69, 9.17) is 0 Å². The molecule has 0 unspecified atom stereocenters. The average Bonchev–Trinajstić information content (AvgIpc) is 2.43. The molecule has 0 saturated carbocycles. The maximum absolute atomic E-state index is 2.29. The Balaban J connectivity index is 2.34. The van der Waals surface area contributed by atoms with Gasteiger partial charge in [0, 0.05) is 5.92 Å². The Morgan fingerprint density at radius 3 is 2.75 bits per heavy atom. The van der Waals surface area contributed by atoms with Gasteiger partial charge in [-0.2, -0.15) is 0 Å². The van der Waals surface area contributed by atoms with Crippen molar-refractivity contribution in [2.75, 3.05) is 0 Å². The van der Waals surface area contributed by atoms with Gasteiger partial charge in [0.2, 0.25) is 0 Å².